The van der Waals surface area contributed by atoms with Crippen molar-refractivity contribution in [3.63, 3.8) is 0 Å². The molecule has 0 bridgehead atoms. The van der Waals surface area contributed by atoms with E-state index in [0.717, 1.165) is 5.47 Å². The Balaban J connectivity index is 2.32. The molecule has 1 fully saturated rings. The third-order valence-electron chi connectivity index (χ3n) is 3.98. The number of aromatic amines is 1. The van der Waals surface area contributed by atoms with Gasteiger partial charge in [-0.15, -0.1) is 0 Å². The molecule has 3 N–H and O–H groups in total. The third kappa shape index (κ3) is 2.72. The van der Waals surface area contributed by atoms with Gasteiger partial charge in [-0.3, -0.25) is 4.79 Å². The normalized spacial score (nSPS) is 21.2. The number of rotatable bonds is 3. The predicted molar refractivity (Wildman–Crippen MR) is 80.2 cm³/mol. The van der Waals surface area contributed by atoms with Crippen LogP contribution in [0.5, 0.6) is 0 Å². The average Bonchev–Trinajstić information content (AvgIpc) is 2.57. The van der Waals surface area contributed by atoms with Crippen molar-refractivity contribution in [3.05, 3.63) is 39.7 Å². The summed E-state index contributed by atoms with van der Waals surface area (Å²) in [5, 5.41) is 0. The topological polar surface area (TPSA) is 77.3 Å². The lowest BCUT2D eigenvalue weighted by molar-refractivity contribution is 0.00578. The highest BCUT2D eigenvalue weighted by Crippen LogP contribution is 2.38. The van der Waals surface area contributed by atoms with Crippen molar-refractivity contribution in [2.24, 2.45) is 5.73 Å². The van der Waals surface area contributed by atoms with Gasteiger partial charge in [0, 0.05) is 18.3 Å². The van der Waals surface area contributed by atoms with Gasteiger partial charge in [0.15, 0.2) is 0 Å². The molecule has 108 valence electrons. The Labute approximate surface area is 119 Å². The van der Waals surface area contributed by atoms with Crippen molar-refractivity contribution in [1.29, 1.82) is 0 Å². The smallest absolute Gasteiger partial charge is 0.400 e. The molecule has 2 rings (SSSR count). The van der Waals surface area contributed by atoms with Gasteiger partial charge in [-0.05, 0) is 45.3 Å². The van der Waals surface area contributed by atoms with E-state index in [9.17, 15) is 4.79 Å². The molecule has 0 radical (unpaired) electrons. The van der Waals surface area contributed by atoms with Crippen LogP contribution in [0.1, 0.15) is 33.3 Å². The molecule has 1 aliphatic rings. The van der Waals surface area contributed by atoms with Crippen LogP contribution in [0.4, 0.5) is 0 Å². The zero-order valence-electron chi connectivity index (χ0n) is 12.4. The van der Waals surface area contributed by atoms with Gasteiger partial charge in [-0.25, -0.2) is 0 Å². The molecule has 0 unspecified atom stereocenters. The second kappa shape index (κ2) is 5.20. The molecule has 1 aliphatic heterocycles. The molecule has 6 heteroatoms. The summed E-state index contributed by atoms with van der Waals surface area (Å²) in [4.78, 5) is 14.3. The van der Waals surface area contributed by atoms with Gasteiger partial charge >= 0.3 is 7.12 Å². The second-order valence-electron chi connectivity index (χ2n) is 5.97. The van der Waals surface area contributed by atoms with Crippen LogP contribution in [0, 0.1) is 0 Å². The molecule has 0 atom stereocenters. The quantitative estimate of drug-likeness (QED) is 0.817. The first-order valence-electron chi connectivity index (χ1n) is 6.71. The van der Waals surface area contributed by atoms with Crippen molar-refractivity contribution in [3.8, 4) is 0 Å². The summed E-state index contributed by atoms with van der Waals surface area (Å²) in [6.07, 6.45) is 3.33. The maximum absolute atomic E-state index is 11.7. The van der Waals surface area contributed by atoms with E-state index in [2.05, 4.69) is 4.98 Å². The molecule has 5 nitrogen and oxygen atoms in total. The number of hydrogen-bond acceptors (Lipinski definition) is 4. The van der Waals surface area contributed by atoms with Gasteiger partial charge in [0.2, 0.25) is 0 Å². The average molecular weight is 276 g/mol. The zero-order chi connectivity index (χ0) is 15.0. The van der Waals surface area contributed by atoms with E-state index in [-0.39, 0.29) is 12.1 Å². The van der Waals surface area contributed by atoms with Gasteiger partial charge in [0.05, 0.1) is 11.2 Å². The van der Waals surface area contributed by atoms with Crippen LogP contribution in [-0.4, -0.2) is 29.8 Å². The van der Waals surface area contributed by atoms with E-state index in [1.807, 2.05) is 27.7 Å². The van der Waals surface area contributed by atoms with Crippen molar-refractivity contribution >= 4 is 13.2 Å². The first kappa shape index (κ1) is 15.0. The van der Waals surface area contributed by atoms with Gasteiger partial charge < -0.3 is 20.0 Å². The molecule has 0 spiro atoms. The molecule has 0 aliphatic carbocycles. The Morgan fingerprint density at radius 2 is 1.95 bits per heavy atom. The largest absolute Gasteiger partial charge is 0.491 e. The van der Waals surface area contributed by atoms with Crippen LogP contribution in [0.15, 0.2) is 28.6 Å². The predicted octanol–water partition coefficient (Wildman–Crippen LogP) is 1.35. The van der Waals surface area contributed by atoms with Crippen LogP contribution in [0.3, 0.4) is 0 Å². The fraction of sp³-hybridized carbons (Fsp3) is 0.500. The van der Waals surface area contributed by atoms with Gasteiger partial charge in [0.1, 0.15) is 0 Å². The monoisotopic (exact) mass is 276 g/mol. The number of aromatic nitrogens is 1. The summed E-state index contributed by atoms with van der Waals surface area (Å²) in [5.74, 6) is 0. The SMILES string of the molecule is CC1(C)OB(C(=Cc2ccc[nH]c2=O)CN)OC1(C)C. The summed E-state index contributed by atoms with van der Waals surface area (Å²) in [5.41, 5.74) is 6.08. The molecule has 1 aromatic rings. The summed E-state index contributed by atoms with van der Waals surface area (Å²) >= 11 is 0. The maximum atomic E-state index is 11.7. The number of hydrogen-bond donors (Lipinski definition) is 2. The Morgan fingerprint density at radius 1 is 1.35 bits per heavy atom. The lowest BCUT2D eigenvalue weighted by Gasteiger charge is -2.32. The highest BCUT2D eigenvalue weighted by Gasteiger charge is 2.52. The highest BCUT2D eigenvalue weighted by atomic mass is 16.7. The summed E-state index contributed by atoms with van der Waals surface area (Å²) in [7, 11) is -0.524. The van der Waals surface area contributed by atoms with Gasteiger partial charge in [-0.2, -0.15) is 0 Å². The summed E-state index contributed by atoms with van der Waals surface area (Å²) in [6.45, 7) is 8.20. The number of H-pyrrole nitrogens is 1. The third-order valence-corrected chi connectivity index (χ3v) is 3.98. The molecule has 20 heavy (non-hydrogen) atoms. The first-order chi connectivity index (χ1) is 9.27. The molecule has 0 aromatic carbocycles. The minimum Gasteiger partial charge on any atom is -0.400 e. The van der Waals surface area contributed by atoms with Gasteiger partial charge in [0.25, 0.3) is 5.56 Å². The zero-order valence-corrected chi connectivity index (χ0v) is 12.4. The van der Waals surface area contributed by atoms with E-state index in [1.165, 1.54) is 0 Å². The summed E-state index contributed by atoms with van der Waals surface area (Å²) in [6, 6.07) is 3.51. The Bertz CT molecular complexity index is 562. The Kier molecular flexibility index (Phi) is 3.91. The fourth-order valence-corrected chi connectivity index (χ4v) is 1.97. The molecule has 0 saturated carbocycles. The van der Waals surface area contributed by atoms with E-state index < -0.39 is 18.3 Å². The molecule has 2 heterocycles. The van der Waals surface area contributed by atoms with Crippen LogP contribution in [0.25, 0.3) is 6.08 Å². The van der Waals surface area contributed by atoms with Gasteiger partial charge in [-0.1, -0.05) is 6.08 Å². The lowest BCUT2D eigenvalue weighted by Crippen LogP contribution is -2.41. The second-order valence-corrected chi connectivity index (χ2v) is 5.97. The van der Waals surface area contributed by atoms with Crippen LogP contribution < -0.4 is 11.3 Å². The molecule has 1 saturated heterocycles. The first-order valence-corrected chi connectivity index (χ1v) is 6.71. The minimum absolute atomic E-state index is 0.157. The highest BCUT2D eigenvalue weighted by molar-refractivity contribution is 6.55. The van der Waals surface area contributed by atoms with E-state index in [1.54, 1.807) is 24.4 Å². The molecule has 0 amide bonds. The molecular weight excluding hydrogens is 255 g/mol. The van der Waals surface area contributed by atoms with E-state index in [0.29, 0.717) is 5.56 Å². The Morgan fingerprint density at radius 3 is 2.45 bits per heavy atom. The molecule has 1 aromatic heterocycles. The van der Waals surface area contributed by atoms with Crippen molar-refractivity contribution in [1.82, 2.24) is 4.98 Å². The van der Waals surface area contributed by atoms with Crippen molar-refractivity contribution < 1.29 is 9.31 Å². The minimum atomic E-state index is -0.524. The number of nitrogens with one attached hydrogen (secondary N) is 1. The summed E-state index contributed by atoms with van der Waals surface area (Å²) < 4.78 is 11.9. The van der Waals surface area contributed by atoms with Crippen LogP contribution in [0.2, 0.25) is 0 Å². The van der Waals surface area contributed by atoms with Crippen molar-refractivity contribution in [2.75, 3.05) is 6.54 Å². The maximum Gasteiger partial charge on any atom is 0.491 e. The fourth-order valence-electron chi connectivity index (χ4n) is 1.97. The molecular formula is C14H21BN2O3. The lowest BCUT2D eigenvalue weighted by atomic mass is 9.77. The number of nitrogens with two attached hydrogens (primary N) is 1. The standard InChI is InChI=1S/C14H21BN2O3/c1-13(2)14(3,4)20-15(19-13)11(9-16)8-10-6-5-7-17-12(10)18/h5-8H,9,16H2,1-4H3,(H,17,18). The van der Waals surface area contributed by atoms with Crippen LogP contribution in [-0.2, 0) is 9.31 Å². The van der Waals surface area contributed by atoms with E-state index >= 15 is 0 Å². The van der Waals surface area contributed by atoms with Crippen LogP contribution >= 0.6 is 0 Å². The van der Waals surface area contributed by atoms with Crippen molar-refractivity contribution in [2.45, 2.75) is 38.9 Å². The Hall–Kier alpha value is -1.37. The number of pyridine rings is 1. The van der Waals surface area contributed by atoms with E-state index in [4.69, 9.17) is 15.0 Å².